The van der Waals surface area contributed by atoms with Gasteiger partial charge in [0.05, 0.1) is 0 Å². The van der Waals surface area contributed by atoms with Crippen LogP contribution in [-0.4, -0.2) is 5.11 Å². The van der Waals surface area contributed by atoms with Crippen LogP contribution in [0.25, 0.3) is 11.1 Å². The predicted octanol–water partition coefficient (Wildman–Crippen LogP) is 4.01. The van der Waals surface area contributed by atoms with Gasteiger partial charge >= 0.3 is 0 Å². The first kappa shape index (κ1) is 10.4. The number of aryl methyl sites for hydroxylation is 1. The van der Waals surface area contributed by atoms with E-state index in [0.29, 0.717) is 5.75 Å². The maximum atomic E-state index is 10.2. The lowest BCUT2D eigenvalue weighted by molar-refractivity contribution is 0.476. The van der Waals surface area contributed by atoms with Gasteiger partial charge in [-0.3, -0.25) is 0 Å². The predicted molar refractivity (Wildman–Crippen MR) is 70.4 cm³/mol. The van der Waals surface area contributed by atoms with Crippen LogP contribution >= 0.6 is 0 Å². The minimum absolute atomic E-state index is 0.0184. The third-order valence-electron chi connectivity index (χ3n) is 3.80. The number of phenols is 1. The topological polar surface area (TPSA) is 20.2 Å². The summed E-state index contributed by atoms with van der Waals surface area (Å²) in [7, 11) is 0. The number of rotatable bonds is 0. The Morgan fingerprint density at radius 3 is 2.47 bits per heavy atom. The maximum absolute atomic E-state index is 10.2. The van der Waals surface area contributed by atoms with E-state index in [0.717, 1.165) is 11.1 Å². The summed E-state index contributed by atoms with van der Waals surface area (Å²) in [5.74, 6) is 0.401. The van der Waals surface area contributed by atoms with Crippen molar-refractivity contribution >= 4 is 0 Å². The molecule has 1 aliphatic carbocycles. The van der Waals surface area contributed by atoms with E-state index in [-0.39, 0.29) is 5.41 Å². The average Bonchev–Trinajstić information content (AvgIpc) is 2.49. The zero-order chi connectivity index (χ0) is 12.2. The standard InChI is InChI=1S/C16H16O/c1-10-8-13-15(14(17)9-10)11-6-4-5-7-12(11)16(13,2)3/h4-9,17H,1-3H3. The van der Waals surface area contributed by atoms with E-state index in [1.165, 1.54) is 16.7 Å². The Labute approximate surface area is 102 Å². The Kier molecular flexibility index (Phi) is 1.91. The van der Waals surface area contributed by atoms with Gasteiger partial charge in [-0.15, -0.1) is 0 Å². The summed E-state index contributed by atoms with van der Waals surface area (Å²) >= 11 is 0. The number of fused-ring (bicyclic) bond motifs is 3. The Morgan fingerprint density at radius 1 is 1.00 bits per heavy atom. The van der Waals surface area contributed by atoms with Crippen molar-refractivity contribution in [1.29, 1.82) is 0 Å². The molecule has 1 nitrogen and oxygen atoms in total. The van der Waals surface area contributed by atoms with Gasteiger partial charge < -0.3 is 5.11 Å². The molecule has 0 aromatic heterocycles. The average molecular weight is 224 g/mol. The van der Waals surface area contributed by atoms with Gasteiger partial charge in [-0.25, -0.2) is 0 Å². The second-order valence-corrected chi connectivity index (χ2v) is 5.38. The summed E-state index contributed by atoms with van der Waals surface area (Å²) in [6.45, 7) is 6.46. The first-order valence-electron chi connectivity index (χ1n) is 5.96. The first-order chi connectivity index (χ1) is 8.01. The molecule has 0 amide bonds. The van der Waals surface area contributed by atoms with E-state index in [4.69, 9.17) is 0 Å². The van der Waals surface area contributed by atoms with Gasteiger partial charge in [0.2, 0.25) is 0 Å². The summed E-state index contributed by atoms with van der Waals surface area (Å²) in [6.07, 6.45) is 0. The fourth-order valence-corrected chi connectivity index (χ4v) is 2.93. The fourth-order valence-electron chi connectivity index (χ4n) is 2.93. The van der Waals surface area contributed by atoms with Crippen molar-refractivity contribution in [3.05, 3.63) is 53.1 Å². The molecule has 17 heavy (non-hydrogen) atoms. The van der Waals surface area contributed by atoms with Gasteiger partial charge in [-0.05, 0) is 35.2 Å². The molecule has 1 heteroatoms. The highest BCUT2D eigenvalue weighted by Crippen LogP contribution is 2.51. The zero-order valence-electron chi connectivity index (χ0n) is 10.4. The highest BCUT2D eigenvalue weighted by atomic mass is 16.3. The fraction of sp³-hybridized carbons (Fsp3) is 0.250. The Morgan fingerprint density at radius 2 is 1.71 bits per heavy atom. The monoisotopic (exact) mass is 224 g/mol. The first-order valence-corrected chi connectivity index (χ1v) is 5.96. The molecule has 2 aromatic carbocycles. The summed E-state index contributed by atoms with van der Waals surface area (Å²) in [4.78, 5) is 0. The molecule has 2 aromatic rings. The lowest BCUT2D eigenvalue weighted by atomic mass is 9.82. The van der Waals surface area contributed by atoms with Crippen molar-refractivity contribution in [2.75, 3.05) is 0 Å². The van der Waals surface area contributed by atoms with Crippen molar-refractivity contribution in [3.8, 4) is 16.9 Å². The van der Waals surface area contributed by atoms with Crippen LogP contribution in [0.1, 0.15) is 30.5 Å². The van der Waals surface area contributed by atoms with Crippen LogP contribution in [0.5, 0.6) is 5.75 Å². The van der Waals surface area contributed by atoms with E-state index in [2.05, 4.69) is 38.1 Å². The Balaban J connectivity index is 2.44. The number of phenolic OH excluding ortho intramolecular Hbond substituents is 1. The minimum Gasteiger partial charge on any atom is -0.507 e. The molecule has 1 N–H and O–H groups in total. The molecule has 0 unspecified atom stereocenters. The second-order valence-electron chi connectivity index (χ2n) is 5.38. The van der Waals surface area contributed by atoms with E-state index in [1.54, 1.807) is 0 Å². The van der Waals surface area contributed by atoms with Crippen LogP contribution in [0.4, 0.5) is 0 Å². The van der Waals surface area contributed by atoms with Gasteiger partial charge in [-0.1, -0.05) is 44.2 Å². The molecule has 0 radical (unpaired) electrons. The molecule has 0 aliphatic heterocycles. The summed E-state index contributed by atoms with van der Waals surface area (Å²) in [5, 5.41) is 10.2. The van der Waals surface area contributed by atoms with Crippen LogP contribution in [0, 0.1) is 6.92 Å². The highest BCUT2D eigenvalue weighted by molar-refractivity contribution is 5.85. The number of benzene rings is 2. The van der Waals surface area contributed by atoms with Crippen LogP contribution in [0.2, 0.25) is 0 Å². The van der Waals surface area contributed by atoms with Crippen LogP contribution < -0.4 is 0 Å². The van der Waals surface area contributed by atoms with Crippen LogP contribution in [0.15, 0.2) is 36.4 Å². The molecule has 3 rings (SSSR count). The zero-order valence-corrected chi connectivity index (χ0v) is 10.4. The molecular formula is C16H16O. The van der Waals surface area contributed by atoms with E-state index >= 15 is 0 Å². The Bertz CT molecular complexity index is 609. The highest BCUT2D eigenvalue weighted by Gasteiger charge is 2.36. The SMILES string of the molecule is Cc1cc(O)c2c(c1)C(C)(C)c1ccccc1-2. The third kappa shape index (κ3) is 1.25. The van der Waals surface area contributed by atoms with E-state index < -0.39 is 0 Å². The van der Waals surface area contributed by atoms with Gasteiger partial charge in [-0.2, -0.15) is 0 Å². The molecule has 0 fully saturated rings. The maximum Gasteiger partial charge on any atom is 0.123 e. The minimum atomic E-state index is -0.0184. The number of hydrogen-bond acceptors (Lipinski definition) is 1. The molecule has 0 bridgehead atoms. The molecule has 1 aliphatic rings. The van der Waals surface area contributed by atoms with E-state index in [9.17, 15) is 5.11 Å². The number of aromatic hydroxyl groups is 1. The molecular weight excluding hydrogens is 208 g/mol. The third-order valence-corrected chi connectivity index (χ3v) is 3.80. The largest absolute Gasteiger partial charge is 0.507 e. The van der Waals surface area contributed by atoms with E-state index in [1.807, 2.05) is 19.1 Å². The normalized spacial score (nSPS) is 15.5. The van der Waals surface area contributed by atoms with Crippen molar-refractivity contribution in [1.82, 2.24) is 0 Å². The molecule has 0 saturated heterocycles. The second kappa shape index (κ2) is 3.13. The van der Waals surface area contributed by atoms with Gasteiger partial charge in [0.25, 0.3) is 0 Å². The Hall–Kier alpha value is -1.76. The van der Waals surface area contributed by atoms with Crippen molar-refractivity contribution in [2.45, 2.75) is 26.2 Å². The molecule has 86 valence electrons. The molecule has 0 heterocycles. The molecule has 0 saturated carbocycles. The molecule has 0 atom stereocenters. The smallest absolute Gasteiger partial charge is 0.123 e. The lowest BCUT2D eigenvalue weighted by Crippen LogP contribution is -2.14. The molecule has 0 spiro atoms. The van der Waals surface area contributed by atoms with Gasteiger partial charge in [0.1, 0.15) is 5.75 Å². The summed E-state index contributed by atoms with van der Waals surface area (Å²) < 4.78 is 0. The lowest BCUT2D eigenvalue weighted by Gasteiger charge is -2.21. The van der Waals surface area contributed by atoms with Crippen molar-refractivity contribution < 1.29 is 5.11 Å². The quantitative estimate of drug-likeness (QED) is 0.717. The van der Waals surface area contributed by atoms with Crippen LogP contribution in [-0.2, 0) is 5.41 Å². The van der Waals surface area contributed by atoms with Crippen molar-refractivity contribution in [2.24, 2.45) is 0 Å². The summed E-state index contributed by atoms with van der Waals surface area (Å²) in [6, 6.07) is 12.4. The van der Waals surface area contributed by atoms with Gasteiger partial charge in [0.15, 0.2) is 0 Å². The summed E-state index contributed by atoms with van der Waals surface area (Å²) in [5.41, 5.74) is 5.81. The number of hydrogen-bond donors (Lipinski definition) is 1. The van der Waals surface area contributed by atoms with Crippen molar-refractivity contribution in [3.63, 3.8) is 0 Å². The van der Waals surface area contributed by atoms with Crippen LogP contribution in [0.3, 0.4) is 0 Å². The van der Waals surface area contributed by atoms with Gasteiger partial charge in [0, 0.05) is 11.0 Å².